The number of rotatable bonds is 6. The Bertz CT molecular complexity index is 551. The van der Waals surface area contributed by atoms with Gasteiger partial charge in [0.25, 0.3) is 0 Å². The van der Waals surface area contributed by atoms with Gasteiger partial charge in [-0.2, -0.15) is 0 Å². The van der Waals surface area contributed by atoms with E-state index in [1.807, 2.05) is 17.5 Å². The molecule has 0 aliphatic carbocycles. The molecule has 2 aromatic rings. The van der Waals surface area contributed by atoms with Crippen LogP contribution in [-0.4, -0.2) is 11.9 Å². The Hall–Kier alpha value is -2.28. The summed E-state index contributed by atoms with van der Waals surface area (Å²) >= 11 is 1.46. The van der Waals surface area contributed by atoms with E-state index in [1.54, 1.807) is 18.4 Å². The highest BCUT2D eigenvalue weighted by molar-refractivity contribution is 7.10. The minimum atomic E-state index is -0.651. The van der Waals surface area contributed by atoms with Crippen molar-refractivity contribution >= 4 is 23.3 Å². The van der Waals surface area contributed by atoms with Crippen LogP contribution in [0.1, 0.15) is 23.1 Å². The molecule has 0 fully saturated rings. The van der Waals surface area contributed by atoms with Gasteiger partial charge in [-0.1, -0.05) is 6.07 Å². The van der Waals surface area contributed by atoms with Crippen LogP contribution in [-0.2, 0) is 11.3 Å². The van der Waals surface area contributed by atoms with E-state index in [-0.39, 0.29) is 12.3 Å². The Morgan fingerprint density at radius 2 is 2.20 bits per heavy atom. The fraction of sp³-hybridized carbons (Fsp3) is 0.231. The minimum Gasteiger partial charge on any atom is -0.467 e. The van der Waals surface area contributed by atoms with Gasteiger partial charge in [-0.3, -0.25) is 4.79 Å². The van der Waals surface area contributed by atoms with E-state index in [9.17, 15) is 9.59 Å². The van der Waals surface area contributed by atoms with Crippen molar-refractivity contribution in [2.24, 2.45) is 5.73 Å². The summed E-state index contributed by atoms with van der Waals surface area (Å²) in [6, 6.07) is 6.18. The zero-order valence-electron chi connectivity index (χ0n) is 10.7. The highest BCUT2D eigenvalue weighted by Gasteiger charge is 2.18. The number of primary amides is 1. The van der Waals surface area contributed by atoms with Gasteiger partial charge >= 0.3 is 6.03 Å². The van der Waals surface area contributed by atoms with Crippen molar-refractivity contribution in [3.63, 3.8) is 0 Å². The summed E-state index contributed by atoms with van der Waals surface area (Å²) in [7, 11) is 0. The average Bonchev–Trinajstić information content (AvgIpc) is 3.08. The molecule has 0 aliphatic heterocycles. The number of hydrogen-bond donors (Lipinski definition) is 3. The molecule has 0 radical (unpaired) electrons. The van der Waals surface area contributed by atoms with E-state index in [1.165, 1.54) is 11.3 Å². The first-order valence-corrected chi connectivity index (χ1v) is 6.91. The first-order chi connectivity index (χ1) is 9.65. The molecule has 2 heterocycles. The lowest BCUT2D eigenvalue weighted by Crippen LogP contribution is -2.36. The van der Waals surface area contributed by atoms with Crippen LogP contribution in [0.25, 0.3) is 0 Å². The molecular weight excluding hydrogens is 278 g/mol. The van der Waals surface area contributed by atoms with Crippen LogP contribution in [0.15, 0.2) is 40.3 Å². The van der Waals surface area contributed by atoms with Crippen LogP contribution in [0, 0.1) is 0 Å². The van der Waals surface area contributed by atoms with Gasteiger partial charge in [-0.05, 0) is 23.6 Å². The Labute approximate surface area is 120 Å². The second kappa shape index (κ2) is 6.76. The topological polar surface area (TPSA) is 97.4 Å². The first kappa shape index (κ1) is 14.1. The zero-order chi connectivity index (χ0) is 14.4. The molecule has 6 nitrogen and oxygen atoms in total. The van der Waals surface area contributed by atoms with Crippen LogP contribution in [0.3, 0.4) is 0 Å². The molecule has 0 unspecified atom stereocenters. The monoisotopic (exact) mass is 293 g/mol. The van der Waals surface area contributed by atoms with Crippen molar-refractivity contribution in [3.8, 4) is 0 Å². The third kappa shape index (κ3) is 4.13. The molecule has 0 spiro atoms. The van der Waals surface area contributed by atoms with Crippen molar-refractivity contribution in [2.75, 3.05) is 0 Å². The highest BCUT2D eigenvalue weighted by Crippen LogP contribution is 2.21. The van der Waals surface area contributed by atoms with E-state index in [4.69, 9.17) is 10.2 Å². The normalized spacial score (nSPS) is 11.8. The molecule has 0 saturated carbocycles. The smallest absolute Gasteiger partial charge is 0.312 e. The highest BCUT2D eigenvalue weighted by atomic mass is 32.1. The maximum absolute atomic E-state index is 11.9. The molecule has 3 amide bonds. The molecule has 2 rings (SSSR count). The van der Waals surface area contributed by atoms with Crippen molar-refractivity contribution in [1.82, 2.24) is 10.6 Å². The standard InChI is InChI=1S/C13H15N3O3S/c14-13(18)16-10(11-4-2-6-20-11)7-12(17)15-8-9-3-1-5-19-9/h1-6,10H,7-8H2,(H,15,17)(H3,14,16,18)/t10-/m0/s1. The number of carbonyl (C=O) groups excluding carboxylic acids is 2. The minimum absolute atomic E-state index is 0.129. The number of urea groups is 1. The molecule has 2 aromatic heterocycles. The maximum Gasteiger partial charge on any atom is 0.312 e. The second-order valence-electron chi connectivity index (χ2n) is 4.14. The van der Waals surface area contributed by atoms with Crippen LogP contribution in [0.4, 0.5) is 4.79 Å². The molecule has 106 valence electrons. The number of nitrogens with one attached hydrogen (secondary N) is 2. The lowest BCUT2D eigenvalue weighted by molar-refractivity contribution is -0.121. The molecule has 0 bridgehead atoms. The van der Waals surface area contributed by atoms with Gasteiger partial charge in [0.05, 0.1) is 25.3 Å². The molecule has 0 aliphatic rings. The van der Waals surface area contributed by atoms with E-state index in [0.717, 1.165) is 4.88 Å². The summed E-state index contributed by atoms with van der Waals surface area (Å²) < 4.78 is 5.12. The quantitative estimate of drug-likeness (QED) is 0.757. The Kier molecular flexibility index (Phi) is 4.78. The van der Waals surface area contributed by atoms with Crippen molar-refractivity contribution < 1.29 is 14.0 Å². The molecule has 1 atom stereocenters. The summed E-state index contributed by atoms with van der Waals surface area (Å²) in [6.07, 6.45) is 1.68. The van der Waals surface area contributed by atoms with Crippen molar-refractivity contribution in [2.45, 2.75) is 19.0 Å². The molecular formula is C13H15N3O3S. The van der Waals surface area contributed by atoms with Gasteiger partial charge < -0.3 is 20.8 Å². The summed E-state index contributed by atoms with van der Waals surface area (Å²) in [4.78, 5) is 23.8. The number of thiophene rings is 1. The van der Waals surface area contributed by atoms with Gasteiger partial charge in [0.15, 0.2) is 0 Å². The average molecular weight is 293 g/mol. The number of carbonyl (C=O) groups is 2. The Morgan fingerprint density at radius 1 is 1.35 bits per heavy atom. The van der Waals surface area contributed by atoms with Crippen LogP contribution in [0.2, 0.25) is 0 Å². The fourth-order valence-electron chi connectivity index (χ4n) is 1.74. The summed E-state index contributed by atoms with van der Waals surface area (Å²) in [5, 5.41) is 7.18. The third-order valence-corrected chi connectivity index (χ3v) is 3.62. The zero-order valence-corrected chi connectivity index (χ0v) is 11.5. The summed E-state index contributed by atoms with van der Waals surface area (Å²) in [6.45, 7) is 0.319. The molecule has 20 heavy (non-hydrogen) atoms. The number of furan rings is 1. The third-order valence-electron chi connectivity index (χ3n) is 2.63. The predicted molar refractivity (Wildman–Crippen MR) is 75.0 cm³/mol. The van der Waals surface area contributed by atoms with Crippen molar-refractivity contribution in [3.05, 3.63) is 46.5 Å². The Balaban J connectivity index is 1.90. The maximum atomic E-state index is 11.9. The number of hydrogen-bond acceptors (Lipinski definition) is 4. The molecule has 0 aromatic carbocycles. The summed E-state index contributed by atoms with van der Waals surface area (Å²) in [5.74, 6) is 0.488. The Morgan fingerprint density at radius 3 is 2.80 bits per heavy atom. The molecule has 4 N–H and O–H groups in total. The van der Waals surface area contributed by atoms with E-state index in [2.05, 4.69) is 10.6 Å². The predicted octanol–water partition coefficient (Wildman–Crippen LogP) is 1.76. The van der Waals surface area contributed by atoms with Crippen LogP contribution >= 0.6 is 11.3 Å². The number of nitrogens with two attached hydrogens (primary N) is 1. The van der Waals surface area contributed by atoms with Crippen molar-refractivity contribution in [1.29, 1.82) is 0 Å². The SMILES string of the molecule is NC(=O)N[C@@H](CC(=O)NCc1ccco1)c1cccs1. The second-order valence-corrected chi connectivity index (χ2v) is 5.12. The lowest BCUT2D eigenvalue weighted by Gasteiger charge is -2.15. The van der Waals surface area contributed by atoms with E-state index < -0.39 is 12.1 Å². The summed E-state index contributed by atoms with van der Waals surface area (Å²) in [5.41, 5.74) is 5.13. The van der Waals surface area contributed by atoms with Crippen LogP contribution in [0.5, 0.6) is 0 Å². The van der Waals surface area contributed by atoms with Gasteiger partial charge in [0.2, 0.25) is 5.91 Å². The van der Waals surface area contributed by atoms with Gasteiger partial charge in [0, 0.05) is 4.88 Å². The van der Waals surface area contributed by atoms with Gasteiger partial charge in [0.1, 0.15) is 5.76 Å². The van der Waals surface area contributed by atoms with E-state index >= 15 is 0 Å². The van der Waals surface area contributed by atoms with Crippen LogP contribution < -0.4 is 16.4 Å². The van der Waals surface area contributed by atoms with Gasteiger partial charge in [-0.15, -0.1) is 11.3 Å². The molecule has 7 heteroatoms. The molecule has 0 saturated heterocycles. The largest absolute Gasteiger partial charge is 0.467 e. The fourth-order valence-corrected chi connectivity index (χ4v) is 2.52. The lowest BCUT2D eigenvalue weighted by atomic mass is 10.1. The van der Waals surface area contributed by atoms with Gasteiger partial charge in [-0.25, -0.2) is 4.79 Å². The number of amides is 3. The first-order valence-electron chi connectivity index (χ1n) is 6.03. The van der Waals surface area contributed by atoms with E-state index in [0.29, 0.717) is 12.3 Å².